The molecule has 1 aliphatic heterocycles. The van der Waals surface area contributed by atoms with E-state index in [2.05, 4.69) is 4.98 Å². The highest BCUT2D eigenvalue weighted by Crippen LogP contribution is 2.30. The molecule has 8 heteroatoms. The third-order valence-electron chi connectivity index (χ3n) is 4.28. The lowest BCUT2D eigenvalue weighted by Crippen LogP contribution is -2.31. The van der Waals surface area contributed by atoms with Gasteiger partial charge in [0, 0.05) is 12.3 Å². The monoisotopic (exact) mass is 384 g/mol. The average Bonchev–Trinajstić information content (AvgIpc) is 3.13. The molecule has 0 saturated carbocycles. The van der Waals surface area contributed by atoms with Crippen LogP contribution in [0.15, 0.2) is 24.3 Å². The zero-order valence-electron chi connectivity index (χ0n) is 13.6. The van der Waals surface area contributed by atoms with Crippen LogP contribution < -0.4 is 0 Å². The summed E-state index contributed by atoms with van der Waals surface area (Å²) in [5, 5.41) is 0.964. The molecule has 1 fully saturated rings. The molecule has 1 amide bonds. The third kappa shape index (κ3) is 3.92. The molecule has 0 spiro atoms. The van der Waals surface area contributed by atoms with Crippen molar-refractivity contribution >= 4 is 49.1 Å². The summed E-state index contributed by atoms with van der Waals surface area (Å²) in [4.78, 5) is 18.7. The van der Waals surface area contributed by atoms with Gasteiger partial charge in [-0.15, -0.1) is 23.1 Å². The van der Waals surface area contributed by atoms with Gasteiger partial charge in [-0.2, -0.15) is 0 Å². The van der Waals surface area contributed by atoms with E-state index in [9.17, 15) is 13.2 Å². The van der Waals surface area contributed by atoms with Crippen LogP contribution >= 0.6 is 23.1 Å². The van der Waals surface area contributed by atoms with E-state index in [1.165, 1.54) is 11.8 Å². The Bertz CT molecular complexity index is 814. The van der Waals surface area contributed by atoms with Gasteiger partial charge in [0.25, 0.3) is 0 Å². The number of nitrogens with zero attached hydrogens (tertiary/aromatic N) is 2. The van der Waals surface area contributed by atoms with E-state index in [4.69, 9.17) is 0 Å². The second-order valence-electron chi connectivity index (χ2n) is 6.04. The van der Waals surface area contributed by atoms with Crippen LogP contribution in [0.2, 0.25) is 0 Å². The maximum atomic E-state index is 12.4. The Morgan fingerprint density at radius 2 is 2.21 bits per heavy atom. The Morgan fingerprint density at radius 1 is 1.46 bits per heavy atom. The van der Waals surface area contributed by atoms with Crippen LogP contribution in [-0.4, -0.2) is 53.8 Å². The number of carbonyl (C=O) groups excluding carboxylic acids is 1. The summed E-state index contributed by atoms with van der Waals surface area (Å²) >= 11 is 3.06. The van der Waals surface area contributed by atoms with Crippen molar-refractivity contribution < 1.29 is 13.2 Å². The molecule has 2 aromatic rings. The summed E-state index contributed by atoms with van der Waals surface area (Å²) in [7, 11) is -1.11. The number of aromatic nitrogens is 1. The van der Waals surface area contributed by atoms with Crippen molar-refractivity contribution in [2.75, 3.05) is 24.3 Å². The minimum atomic E-state index is -2.89. The fraction of sp³-hybridized carbons (Fsp3) is 0.500. The number of rotatable bonds is 5. The molecule has 2 heterocycles. The summed E-state index contributed by atoms with van der Waals surface area (Å²) in [5.74, 6) is 0.765. The minimum Gasteiger partial charge on any atom is -0.336 e. The smallest absolute Gasteiger partial charge is 0.232 e. The molecule has 1 saturated heterocycles. The minimum absolute atomic E-state index is 0.0102. The van der Waals surface area contributed by atoms with Crippen LogP contribution in [0.1, 0.15) is 24.4 Å². The number of thioether (sulfide) groups is 1. The van der Waals surface area contributed by atoms with E-state index in [-0.39, 0.29) is 28.7 Å². The second-order valence-corrected chi connectivity index (χ2v) is 10.6. The summed E-state index contributed by atoms with van der Waals surface area (Å²) in [6, 6.07) is 7.85. The molecule has 0 N–H and O–H groups in total. The van der Waals surface area contributed by atoms with Gasteiger partial charge in [0.1, 0.15) is 5.01 Å². The predicted molar refractivity (Wildman–Crippen MR) is 100 cm³/mol. The molecule has 2 atom stereocenters. The molecule has 0 bridgehead atoms. The lowest BCUT2D eigenvalue weighted by molar-refractivity contribution is -0.128. The van der Waals surface area contributed by atoms with E-state index < -0.39 is 9.84 Å². The standard InChI is InChI=1S/C16H20N2O3S3/c1-11(16-17-13-5-3-4-6-14(13)23-16)18(2)15(19)9-22-12-7-8-24(20,21)10-12/h3-6,11-12H,7-10H2,1-2H3/t11-,12-/m0/s1. The molecule has 1 aliphatic rings. The number of thiazole rings is 1. The first-order valence-electron chi connectivity index (χ1n) is 7.79. The Kier molecular flexibility index (Phi) is 5.17. The average molecular weight is 385 g/mol. The Balaban J connectivity index is 1.60. The first kappa shape index (κ1) is 17.7. The zero-order chi connectivity index (χ0) is 17.3. The van der Waals surface area contributed by atoms with Gasteiger partial charge < -0.3 is 4.90 Å². The van der Waals surface area contributed by atoms with E-state index in [0.29, 0.717) is 12.2 Å². The maximum Gasteiger partial charge on any atom is 0.232 e. The van der Waals surface area contributed by atoms with Crippen molar-refractivity contribution in [2.45, 2.75) is 24.6 Å². The second kappa shape index (κ2) is 7.01. The van der Waals surface area contributed by atoms with Crippen LogP contribution in [0.4, 0.5) is 0 Å². The van der Waals surface area contributed by atoms with Gasteiger partial charge >= 0.3 is 0 Å². The molecular weight excluding hydrogens is 364 g/mol. The SMILES string of the molecule is C[C@@H](c1nc2ccccc2s1)N(C)C(=O)CS[C@H]1CCS(=O)(=O)C1. The molecule has 1 aromatic carbocycles. The first-order valence-corrected chi connectivity index (χ1v) is 11.5. The summed E-state index contributed by atoms with van der Waals surface area (Å²) in [6.45, 7) is 1.97. The Morgan fingerprint density at radius 3 is 2.88 bits per heavy atom. The fourth-order valence-corrected chi connectivity index (χ4v) is 7.26. The Hall–Kier alpha value is -1.12. The zero-order valence-corrected chi connectivity index (χ0v) is 16.1. The fourth-order valence-electron chi connectivity index (χ4n) is 2.63. The van der Waals surface area contributed by atoms with Gasteiger partial charge in [0.2, 0.25) is 5.91 Å². The summed E-state index contributed by atoms with van der Waals surface area (Å²) in [5.41, 5.74) is 0.954. The normalized spacial score (nSPS) is 21.0. The van der Waals surface area contributed by atoms with Crippen LogP contribution in [0, 0.1) is 0 Å². The summed E-state index contributed by atoms with van der Waals surface area (Å²) < 4.78 is 24.1. The topological polar surface area (TPSA) is 67.3 Å². The van der Waals surface area contributed by atoms with Gasteiger partial charge in [0.05, 0.1) is 33.5 Å². The molecular formula is C16H20N2O3S3. The van der Waals surface area contributed by atoms with Gasteiger partial charge in [-0.05, 0) is 25.5 Å². The molecule has 5 nitrogen and oxygen atoms in total. The molecule has 130 valence electrons. The van der Waals surface area contributed by atoms with Gasteiger partial charge in [-0.1, -0.05) is 12.1 Å². The number of para-hydroxylation sites is 1. The largest absolute Gasteiger partial charge is 0.336 e. The van der Waals surface area contributed by atoms with Crippen LogP contribution in [0.3, 0.4) is 0 Å². The molecule has 24 heavy (non-hydrogen) atoms. The van der Waals surface area contributed by atoms with Crippen molar-refractivity contribution in [1.82, 2.24) is 9.88 Å². The van der Waals surface area contributed by atoms with Crippen molar-refractivity contribution in [2.24, 2.45) is 0 Å². The van der Waals surface area contributed by atoms with E-state index in [1.807, 2.05) is 31.2 Å². The highest BCUT2D eigenvalue weighted by atomic mass is 32.2. The van der Waals surface area contributed by atoms with Gasteiger partial charge in [-0.3, -0.25) is 4.79 Å². The van der Waals surface area contributed by atoms with E-state index in [0.717, 1.165) is 15.2 Å². The number of benzene rings is 1. The lowest BCUT2D eigenvalue weighted by atomic mass is 10.3. The molecule has 1 aromatic heterocycles. The maximum absolute atomic E-state index is 12.4. The van der Waals surface area contributed by atoms with Crippen molar-refractivity contribution in [1.29, 1.82) is 0 Å². The highest BCUT2D eigenvalue weighted by Gasteiger charge is 2.29. The predicted octanol–water partition coefficient (Wildman–Crippen LogP) is 2.74. The number of hydrogen-bond acceptors (Lipinski definition) is 6. The number of amides is 1. The molecule has 0 radical (unpaired) electrons. The highest BCUT2D eigenvalue weighted by molar-refractivity contribution is 8.02. The molecule has 0 unspecified atom stereocenters. The van der Waals surface area contributed by atoms with E-state index >= 15 is 0 Å². The third-order valence-corrected chi connectivity index (χ3v) is 8.75. The van der Waals surface area contributed by atoms with Crippen LogP contribution in [0.5, 0.6) is 0 Å². The van der Waals surface area contributed by atoms with Crippen molar-refractivity contribution in [3.8, 4) is 0 Å². The molecule has 3 rings (SSSR count). The number of sulfone groups is 1. The number of carbonyl (C=O) groups is 1. The van der Waals surface area contributed by atoms with E-state index in [1.54, 1.807) is 23.3 Å². The lowest BCUT2D eigenvalue weighted by Gasteiger charge is -2.23. The van der Waals surface area contributed by atoms with Crippen LogP contribution in [-0.2, 0) is 14.6 Å². The quantitative estimate of drug-likeness (QED) is 0.793. The number of fused-ring (bicyclic) bond motifs is 1. The van der Waals surface area contributed by atoms with Gasteiger partial charge in [-0.25, -0.2) is 13.4 Å². The van der Waals surface area contributed by atoms with Gasteiger partial charge in [0.15, 0.2) is 9.84 Å². The Labute approximate surface area is 150 Å². The first-order chi connectivity index (χ1) is 11.4. The van der Waals surface area contributed by atoms with Crippen LogP contribution in [0.25, 0.3) is 10.2 Å². The summed E-state index contributed by atoms with van der Waals surface area (Å²) in [6.07, 6.45) is 0.650. The number of hydrogen-bond donors (Lipinski definition) is 0. The van der Waals surface area contributed by atoms with Crippen molar-refractivity contribution in [3.05, 3.63) is 29.3 Å². The molecule has 0 aliphatic carbocycles. The van der Waals surface area contributed by atoms with Crippen molar-refractivity contribution in [3.63, 3.8) is 0 Å².